The summed E-state index contributed by atoms with van der Waals surface area (Å²) >= 11 is 0. The van der Waals surface area contributed by atoms with Gasteiger partial charge in [0.25, 0.3) is 0 Å². The van der Waals surface area contributed by atoms with Gasteiger partial charge in [-0.3, -0.25) is 4.79 Å². The number of hydrogen-bond acceptors (Lipinski definition) is 4. The number of aryl methyl sites for hydroxylation is 2. The molecular formula is C14H25N3O2. The van der Waals surface area contributed by atoms with Gasteiger partial charge in [0, 0.05) is 17.6 Å². The van der Waals surface area contributed by atoms with Crippen molar-refractivity contribution in [2.45, 2.75) is 66.1 Å². The van der Waals surface area contributed by atoms with E-state index < -0.39 is 0 Å². The highest BCUT2D eigenvalue weighted by molar-refractivity contribution is 5.81. The summed E-state index contributed by atoms with van der Waals surface area (Å²) in [5.74, 6) is 0.810. The highest BCUT2D eigenvalue weighted by atomic mass is 16.5. The maximum atomic E-state index is 12.0. The number of nitrogens with zero attached hydrogens (tertiary/aromatic N) is 1. The van der Waals surface area contributed by atoms with E-state index in [0.29, 0.717) is 6.54 Å². The molecule has 0 aliphatic heterocycles. The smallest absolute Gasteiger partial charge is 0.237 e. The van der Waals surface area contributed by atoms with Crippen molar-refractivity contribution in [1.29, 1.82) is 0 Å². The van der Waals surface area contributed by atoms with E-state index in [1.54, 1.807) is 0 Å². The average molecular weight is 267 g/mol. The van der Waals surface area contributed by atoms with Crippen LogP contribution in [0.3, 0.4) is 0 Å². The fourth-order valence-corrected chi connectivity index (χ4v) is 1.63. The first-order chi connectivity index (χ1) is 8.76. The quantitative estimate of drug-likeness (QED) is 0.828. The van der Waals surface area contributed by atoms with Gasteiger partial charge in [0.15, 0.2) is 0 Å². The largest absolute Gasteiger partial charge is 0.361 e. The van der Waals surface area contributed by atoms with Gasteiger partial charge in [-0.05, 0) is 41.0 Å². The van der Waals surface area contributed by atoms with Crippen LogP contribution in [0.15, 0.2) is 4.52 Å². The molecule has 0 aromatic carbocycles. The van der Waals surface area contributed by atoms with Crippen LogP contribution in [0.5, 0.6) is 0 Å². The second-order valence-electron chi connectivity index (χ2n) is 5.63. The van der Waals surface area contributed by atoms with Crippen LogP contribution in [0.2, 0.25) is 0 Å². The van der Waals surface area contributed by atoms with E-state index in [1.807, 2.05) is 34.6 Å². The first-order valence-electron chi connectivity index (χ1n) is 6.74. The summed E-state index contributed by atoms with van der Waals surface area (Å²) in [5, 5.41) is 10.1. The molecule has 0 aliphatic rings. The van der Waals surface area contributed by atoms with Crippen molar-refractivity contribution in [3.63, 3.8) is 0 Å². The fourth-order valence-electron chi connectivity index (χ4n) is 1.63. The summed E-state index contributed by atoms with van der Waals surface area (Å²) in [4.78, 5) is 12.0. The molecule has 0 radical (unpaired) electrons. The molecule has 2 N–H and O–H groups in total. The van der Waals surface area contributed by atoms with Crippen LogP contribution in [0, 0.1) is 13.8 Å². The number of carbonyl (C=O) groups is 1. The predicted octanol–water partition coefficient (Wildman–Crippen LogP) is 2.07. The fraction of sp³-hybridized carbons (Fsp3) is 0.714. The van der Waals surface area contributed by atoms with E-state index in [4.69, 9.17) is 4.52 Å². The van der Waals surface area contributed by atoms with Crippen LogP contribution in [-0.2, 0) is 11.3 Å². The molecule has 0 fully saturated rings. The number of carbonyl (C=O) groups excluding carboxylic acids is 1. The van der Waals surface area contributed by atoms with Crippen LogP contribution in [0.4, 0.5) is 0 Å². The third kappa shape index (κ3) is 4.35. The minimum Gasteiger partial charge on any atom is -0.361 e. The van der Waals surface area contributed by atoms with Crippen molar-refractivity contribution < 1.29 is 9.32 Å². The van der Waals surface area contributed by atoms with Gasteiger partial charge in [-0.2, -0.15) is 0 Å². The summed E-state index contributed by atoms with van der Waals surface area (Å²) < 4.78 is 5.10. The Morgan fingerprint density at radius 3 is 2.53 bits per heavy atom. The normalized spacial score (nSPS) is 13.4. The van der Waals surface area contributed by atoms with Gasteiger partial charge in [0.05, 0.1) is 11.7 Å². The minimum atomic E-state index is -0.250. The zero-order valence-electron chi connectivity index (χ0n) is 12.8. The number of amides is 1. The number of rotatable bonds is 6. The SMILES string of the molecule is CCC(C)(C)NC(=O)C(C)NCc1c(C)noc1C. The molecule has 1 aromatic rings. The van der Waals surface area contributed by atoms with Gasteiger partial charge < -0.3 is 15.2 Å². The van der Waals surface area contributed by atoms with E-state index in [2.05, 4.69) is 22.7 Å². The maximum absolute atomic E-state index is 12.0. The zero-order chi connectivity index (χ0) is 14.6. The van der Waals surface area contributed by atoms with Gasteiger partial charge in [-0.25, -0.2) is 0 Å². The van der Waals surface area contributed by atoms with Crippen molar-refractivity contribution in [3.05, 3.63) is 17.0 Å². The lowest BCUT2D eigenvalue weighted by Crippen LogP contribution is -2.50. The molecule has 5 heteroatoms. The van der Waals surface area contributed by atoms with E-state index in [9.17, 15) is 4.79 Å². The maximum Gasteiger partial charge on any atom is 0.237 e. The Bertz CT molecular complexity index is 418. The molecule has 19 heavy (non-hydrogen) atoms. The highest BCUT2D eigenvalue weighted by Crippen LogP contribution is 2.12. The lowest BCUT2D eigenvalue weighted by molar-refractivity contribution is -0.124. The van der Waals surface area contributed by atoms with Crippen molar-refractivity contribution in [2.24, 2.45) is 0 Å². The average Bonchev–Trinajstić information content (AvgIpc) is 2.65. The molecule has 0 bridgehead atoms. The molecule has 1 heterocycles. The van der Waals surface area contributed by atoms with Gasteiger partial charge >= 0.3 is 0 Å². The lowest BCUT2D eigenvalue weighted by atomic mass is 10.0. The third-order valence-electron chi connectivity index (χ3n) is 3.50. The Morgan fingerprint density at radius 2 is 2.05 bits per heavy atom. The predicted molar refractivity (Wildman–Crippen MR) is 74.8 cm³/mol. The van der Waals surface area contributed by atoms with Crippen molar-refractivity contribution >= 4 is 5.91 Å². The van der Waals surface area contributed by atoms with Crippen LogP contribution >= 0.6 is 0 Å². The van der Waals surface area contributed by atoms with E-state index >= 15 is 0 Å². The molecule has 1 rings (SSSR count). The van der Waals surface area contributed by atoms with Gasteiger partial charge in [0.2, 0.25) is 5.91 Å². The molecule has 1 amide bonds. The van der Waals surface area contributed by atoms with Crippen LogP contribution in [0.1, 0.15) is 51.1 Å². The van der Waals surface area contributed by atoms with Crippen molar-refractivity contribution in [3.8, 4) is 0 Å². The molecular weight excluding hydrogens is 242 g/mol. The molecule has 1 unspecified atom stereocenters. The number of aromatic nitrogens is 1. The Labute approximate surface area is 115 Å². The van der Waals surface area contributed by atoms with E-state index in [-0.39, 0.29) is 17.5 Å². The summed E-state index contributed by atoms with van der Waals surface area (Å²) in [6, 6.07) is -0.250. The first kappa shape index (κ1) is 15.7. The topological polar surface area (TPSA) is 67.2 Å². The Balaban J connectivity index is 2.52. The zero-order valence-corrected chi connectivity index (χ0v) is 12.8. The minimum absolute atomic E-state index is 0.0126. The van der Waals surface area contributed by atoms with Crippen LogP contribution in [0.25, 0.3) is 0 Å². The Morgan fingerprint density at radius 1 is 1.42 bits per heavy atom. The Kier molecular flexibility index (Phi) is 5.11. The van der Waals surface area contributed by atoms with E-state index in [0.717, 1.165) is 23.4 Å². The molecule has 1 atom stereocenters. The molecule has 0 aliphatic carbocycles. The lowest BCUT2D eigenvalue weighted by Gasteiger charge is -2.26. The molecule has 0 saturated heterocycles. The summed E-state index contributed by atoms with van der Waals surface area (Å²) in [6.45, 7) is 12.3. The molecule has 0 saturated carbocycles. The van der Waals surface area contributed by atoms with Crippen LogP contribution in [-0.4, -0.2) is 22.6 Å². The van der Waals surface area contributed by atoms with Gasteiger partial charge in [-0.1, -0.05) is 12.1 Å². The second-order valence-corrected chi connectivity index (χ2v) is 5.63. The molecule has 108 valence electrons. The number of hydrogen-bond donors (Lipinski definition) is 2. The third-order valence-corrected chi connectivity index (χ3v) is 3.50. The monoisotopic (exact) mass is 267 g/mol. The molecule has 0 spiro atoms. The van der Waals surface area contributed by atoms with Crippen LogP contribution < -0.4 is 10.6 Å². The van der Waals surface area contributed by atoms with Gasteiger partial charge in [0.1, 0.15) is 5.76 Å². The van der Waals surface area contributed by atoms with Gasteiger partial charge in [-0.15, -0.1) is 0 Å². The first-order valence-corrected chi connectivity index (χ1v) is 6.74. The Hall–Kier alpha value is -1.36. The summed E-state index contributed by atoms with van der Waals surface area (Å²) in [7, 11) is 0. The molecule has 5 nitrogen and oxygen atoms in total. The standard InChI is InChI=1S/C14H25N3O2/c1-7-14(5,6)16-13(18)10(3)15-8-12-9(2)17-19-11(12)4/h10,15H,7-8H2,1-6H3,(H,16,18). The highest BCUT2D eigenvalue weighted by Gasteiger charge is 2.22. The summed E-state index contributed by atoms with van der Waals surface area (Å²) in [6.07, 6.45) is 0.898. The molecule has 1 aromatic heterocycles. The van der Waals surface area contributed by atoms with Crippen molar-refractivity contribution in [1.82, 2.24) is 15.8 Å². The second kappa shape index (κ2) is 6.19. The van der Waals surface area contributed by atoms with E-state index in [1.165, 1.54) is 0 Å². The van der Waals surface area contributed by atoms with Crippen molar-refractivity contribution in [2.75, 3.05) is 0 Å². The number of nitrogens with one attached hydrogen (secondary N) is 2. The summed E-state index contributed by atoms with van der Waals surface area (Å²) in [5.41, 5.74) is 1.72.